The average Bonchev–Trinajstić information content (AvgIpc) is 2.37. The van der Waals surface area contributed by atoms with Crippen LogP contribution >= 0.6 is 23.2 Å². The third-order valence-electron chi connectivity index (χ3n) is 2.81. The molecule has 0 atom stereocenters. The molecular formula is C13H12Cl2N4O. The summed E-state index contributed by atoms with van der Waals surface area (Å²) < 4.78 is 1.49. The van der Waals surface area contributed by atoms with Gasteiger partial charge in [-0.2, -0.15) is 0 Å². The van der Waals surface area contributed by atoms with Crippen molar-refractivity contribution < 1.29 is 4.79 Å². The van der Waals surface area contributed by atoms with Crippen LogP contribution < -0.4 is 17.0 Å². The van der Waals surface area contributed by atoms with Gasteiger partial charge in [-0.3, -0.25) is 10.2 Å². The van der Waals surface area contributed by atoms with E-state index in [2.05, 4.69) is 0 Å². The average molecular weight is 311 g/mol. The maximum Gasteiger partial charge on any atom is 0.252 e. The number of nitrogens with zero attached hydrogens (tertiary/aromatic N) is 1. The molecule has 0 saturated heterocycles. The minimum atomic E-state index is -0.703. The Labute approximate surface area is 125 Å². The lowest BCUT2D eigenvalue weighted by Crippen LogP contribution is -2.30. The first-order valence-electron chi connectivity index (χ1n) is 5.67. The number of benzene rings is 1. The Kier molecular flexibility index (Phi) is 4.01. The highest BCUT2D eigenvalue weighted by Crippen LogP contribution is 2.19. The van der Waals surface area contributed by atoms with E-state index in [1.165, 1.54) is 16.8 Å². The molecule has 0 aliphatic heterocycles. The summed E-state index contributed by atoms with van der Waals surface area (Å²) in [5.74, 6) is -0.703. The van der Waals surface area contributed by atoms with Crippen molar-refractivity contribution in [1.29, 1.82) is 5.41 Å². The molecule has 5 nitrogen and oxygen atoms in total. The fraction of sp³-hybridized carbons (Fsp3) is 0.0769. The molecule has 0 radical (unpaired) electrons. The predicted molar refractivity (Wildman–Crippen MR) is 78.8 cm³/mol. The molecule has 0 saturated carbocycles. The number of hydrogen-bond donors (Lipinski definition) is 3. The van der Waals surface area contributed by atoms with Crippen molar-refractivity contribution in [1.82, 2.24) is 4.57 Å². The molecule has 1 amide bonds. The van der Waals surface area contributed by atoms with Crippen molar-refractivity contribution in [3.63, 3.8) is 0 Å². The van der Waals surface area contributed by atoms with Crippen molar-refractivity contribution in [2.45, 2.75) is 6.54 Å². The molecular weight excluding hydrogens is 299 g/mol. The van der Waals surface area contributed by atoms with E-state index >= 15 is 0 Å². The van der Waals surface area contributed by atoms with Crippen LogP contribution in [0.3, 0.4) is 0 Å². The second-order valence-electron chi connectivity index (χ2n) is 4.26. The van der Waals surface area contributed by atoms with Gasteiger partial charge in [0.2, 0.25) is 0 Å². The molecule has 7 heteroatoms. The zero-order chi connectivity index (χ0) is 14.9. The van der Waals surface area contributed by atoms with Crippen molar-refractivity contribution in [3.05, 3.63) is 57.1 Å². The van der Waals surface area contributed by atoms with Crippen LogP contribution in [-0.2, 0) is 6.54 Å². The number of nitrogens with two attached hydrogens (primary N) is 2. The number of aromatic nitrogens is 1. The second kappa shape index (κ2) is 5.56. The molecule has 104 valence electrons. The van der Waals surface area contributed by atoms with Gasteiger partial charge in [0.1, 0.15) is 5.49 Å². The smallest absolute Gasteiger partial charge is 0.252 e. The fourth-order valence-corrected chi connectivity index (χ4v) is 2.24. The minimum Gasteiger partial charge on any atom is -0.398 e. The first-order chi connectivity index (χ1) is 9.38. The second-order valence-corrected chi connectivity index (χ2v) is 5.13. The molecule has 1 aromatic heterocycles. The van der Waals surface area contributed by atoms with E-state index in [9.17, 15) is 4.79 Å². The monoisotopic (exact) mass is 310 g/mol. The number of halogens is 2. The van der Waals surface area contributed by atoms with Gasteiger partial charge in [0.25, 0.3) is 5.91 Å². The Hall–Kier alpha value is -1.98. The lowest BCUT2D eigenvalue weighted by atomic mass is 10.1. The first kappa shape index (κ1) is 14.4. The summed E-state index contributed by atoms with van der Waals surface area (Å²) in [6.45, 7) is 0.270. The summed E-state index contributed by atoms with van der Waals surface area (Å²) in [5.41, 5.74) is 12.4. The Morgan fingerprint density at radius 2 is 1.95 bits per heavy atom. The molecule has 0 aliphatic rings. The number of amides is 1. The molecule has 1 heterocycles. The number of rotatable bonds is 3. The van der Waals surface area contributed by atoms with Crippen LogP contribution in [0.5, 0.6) is 0 Å². The molecule has 0 unspecified atom stereocenters. The van der Waals surface area contributed by atoms with Crippen molar-refractivity contribution >= 4 is 34.8 Å². The lowest BCUT2D eigenvalue weighted by molar-refractivity contribution is 0.0998. The van der Waals surface area contributed by atoms with E-state index < -0.39 is 5.91 Å². The summed E-state index contributed by atoms with van der Waals surface area (Å²) in [7, 11) is 0. The Bertz CT molecular complexity index is 740. The topological polar surface area (TPSA) is 97.9 Å². The summed E-state index contributed by atoms with van der Waals surface area (Å²) in [4.78, 5) is 11.3. The first-order valence-corrected chi connectivity index (χ1v) is 6.42. The molecule has 0 aliphatic carbocycles. The number of nitrogen functional groups attached to an aromatic ring is 1. The van der Waals surface area contributed by atoms with Crippen LogP contribution in [0.25, 0.3) is 0 Å². The number of pyridine rings is 1. The molecule has 0 bridgehead atoms. The highest BCUT2D eigenvalue weighted by Gasteiger charge is 2.10. The third kappa shape index (κ3) is 2.95. The van der Waals surface area contributed by atoms with E-state index in [1.807, 2.05) is 0 Å². The molecule has 0 fully saturated rings. The van der Waals surface area contributed by atoms with E-state index in [0.717, 1.165) is 5.56 Å². The number of nitrogens with one attached hydrogen (secondary N) is 1. The van der Waals surface area contributed by atoms with Gasteiger partial charge in [0.15, 0.2) is 0 Å². The molecule has 2 aromatic rings. The summed E-state index contributed by atoms with van der Waals surface area (Å²) in [5, 5.41) is 8.83. The molecule has 5 N–H and O–H groups in total. The van der Waals surface area contributed by atoms with Gasteiger partial charge in [0, 0.05) is 16.9 Å². The van der Waals surface area contributed by atoms with Crippen LogP contribution in [0.15, 0.2) is 30.5 Å². The lowest BCUT2D eigenvalue weighted by Gasteiger charge is -2.12. The van der Waals surface area contributed by atoms with Gasteiger partial charge in [0.05, 0.1) is 17.1 Å². The Balaban J connectivity index is 2.51. The maximum atomic E-state index is 11.3. The maximum absolute atomic E-state index is 11.3. The van der Waals surface area contributed by atoms with Gasteiger partial charge < -0.3 is 16.0 Å². The van der Waals surface area contributed by atoms with E-state index in [4.69, 9.17) is 40.1 Å². The van der Waals surface area contributed by atoms with Crippen LogP contribution in [0.1, 0.15) is 15.9 Å². The molecule has 2 rings (SSSR count). The van der Waals surface area contributed by atoms with Gasteiger partial charge in [-0.15, -0.1) is 0 Å². The molecule has 0 spiro atoms. The van der Waals surface area contributed by atoms with Crippen LogP contribution in [0.2, 0.25) is 10.0 Å². The zero-order valence-electron chi connectivity index (χ0n) is 10.4. The normalized spacial score (nSPS) is 10.5. The van der Waals surface area contributed by atoms with Crippen LogP contribution in [-0.4, -0.2) is 10.5 Å². The number of hydrogen-bond acceptors (Lipinski definition) is 3. The predicted octanol–water partition coefficient (Wildman–Crippen LogP) is 2.00. The van der Waals surface area contributed by atoms with Gasteiger partial charge >= 0.3 is 0 Å². The van der Waals surface area contributed by atoms with Crippen LogP contribution in [0.4, 0.5) is 5.69 Å². The molecule has 20 heavy (non-hydrogen) atoms. The Morgan fingerprint density at radius 1 is 1.25 bits per heavy atom. The standard InChI is InChI=1S/C13H12Cl2N4O/c14-8-1-2-11(16)7(3-8)5-19-6-9(15)4-10(12(19)17)13(18)20/h1-4,6,17H,5,16H2,(H2,18,20). The van der Waals surface area contributed by atoms with Crippen molar-refractivity contribution in [3.8, 4) is 0 Å². The highest BCUT2D eigenvalue weighted by atomic mass is 35.5. The van der Waals surface area contributed by atoms with Gasteiger partial charge in [-0.05, 0) is 29.8 Å². The number of anilines is 1. The van der Waals surface area contributed by atoms with Crippen molar-refractivity contribution in [2.75, 3.05) is 5.73 Å². The largest absolute Gasteiger partial charge is 0.398 e. The van der Waals surface area contributed by atoms with E-state index in [1.54, 1.807) is 18.2 Å². The summed E-state index contributed by atoms with van der Waals surface area (Å²) >= 11 is 11.9. The number of carbonyl (C=O) groups excluding carboxylic acids is 1. The third-order valence-corrected chi connectivity index (χ3v) is 3.26. The quantitative estimate of drug-likeness (QED) is 0.756. The van der Waals surface area contributed by atoms with Crippen LogP contribution in [0, 0.1) is 5.41 Å². The summed E-state index contributed by atoms with van der Waals surface area (Å²) in [6.07, 6.45) is 1.54. The fourth-order valence-electron chi connectivity index (χ4n) is 1.82. The van der Waals surface area contributed by atoms with Gasteiger partial charge in [-0.25, -0.2) is 0 Å². The Morgan fingerprint density at radius 3 is 2.60 bits per heavy atom. The highest BCUT2D eigenvalue weighted by molar-refractivity contribution is 6.31. The zero-order valence-corrected chi connectivity index (χ0v) is 11.9. The van der Waals surface area contributed by atoms with Gasteiger partial charge in [-0.1, -0.05) is 23.2 Å². The summed E-state index contributed by atoms with van der Waals surface area (Å²) in [6, 6.07) is 6.43. The number of carbonyl (C=O) groups is 1. The van der Waals surface area contributed by atoms with E-state index in [0.29, 0.717) is 15.7 Å². The minimum absolute atomic E-state index is 0.0266. The van der Waals surface area contributed by atoms with Crippen molar-refractivity contribution in [2.24, 2.45) is 5.73 Å². The molecule has 1 aromatic carbocycles. The SMILES string of the molecule is N=c1c(C(N)=O)cc(Cl)cn1Cc1cc(Cl)ccc1N. The number of primary amides is 1. The van der Waals surface area contributed by atoms with E-state index in [-0.39, 0.29) is 17.6 Å².